The fourth-order valence-corrected chi connectivity index (χ4v) is 1.37. The van der Waals surface area contributed by atoms with Gasteiger partial charge in [0.15, 0.2) is 0 Å². The standard InChI is InChI=1S/C11H14N4O/c12-7-10-2-1-3-11(6-10)16-5-4-15-9-13-8-14-15/h1-3,6,8-9H,4-5,7,12H2. The van der Waals surface area contributed by atoms with Gasteiger partial charge in [-0.25, -0.2) is 9.67 Å². The molecule has 0 amide bonds. The molecular formula is C11H14N4O. The van der Waals surface area contributed by atoms with Crippen molar-refractivity contribution in [2.75, 3.05) is 6.61 Å². The van der Waals surface area contributed by atoms with Gasteiger partial charge in [-0.2, -0.15) is 5.10 Å². The van der Waals surface area contributed by atoms with Crippen molar-refractivity contribution in [3.63, 3.8) is 0 Å². The maximum absolute atomic E-state index is 5.58. The Morgan fingerprint density at radius 3 is 3.06 bits per heavy atom. The predicted molar refractivity (Wildman–Crippen MR) is 59.9 cm³/mol. The minimum Gasteiger partial charge on any atom is -0.492 e. The van der Waals surface area contributed by atoms with Crippen LogP contribution in [-0.2, 0) is 13.1 Å². The van der Waals surface area contributed by atoms with Crippen molar-refractivity contribution in [3.8, 4) is 5.75 Å². The minimum atomic E-state index is 0.528. The first-order valence-corrected chi connectivity index (χ1v) is 5.12. The maximum Gasteiger partial charge on any atom is 0.137 e. The summed E-state index contributed by atoms with van der Waals surface area (Å²) in [6.07, 6.45) is 3.18. The zero-order chi connectivity index (χ0) is 11.2. The molecule has 1 aromatic heterocycles. The first-order valence-electron chi connectivity index (χ1n) is 5.12. The summed E-state index contributed by atoms with van der Waals surface area (Å²) in [5, 5.41) is 3.99. The summed E-state index contributed by atoms with van der Waals surface area (Å²) in [4.78, 5) is 3.85. The topological polar surface area (TPSA) is 66.0 Å². The van der Waals surface area contributed by atoms with Crippen molar-refractivity contribution in [3.05, 3.63) is 42.5 Å². The molecule has 2 rings (SSSR count). The molecule has 84 valence electrons. The lowest BCUT2D eigenvalue weighted by Crippen LogP contribution is -2.08. The molecule has 1 heterocycles. The van der Waals surface area contributed by atoms with Gasteiger partial charge in [-0.05, 0) is 17.7 Å². The first-order chi connectivity index (χ1) is 7.88. The number of hydrogen-bond acceptors (Lipinski definition) is 4. The van der Waals surface area contributed by atoms with Crippen molar-refractivity contribution in [1.82, 2.24) is 14.8 Å². The van der Waals surface area contributed by atoms with Crippen LogP contribution in [0, 0.1) is 0 Å². The highest BCUT2D eigenvalue weighted by Crippen LogP contribution is 2.12. The molecule has 0 unspecified atom stereocenters. The van der Waals surface area contributed by atoms with Gasteiger partial charge in [0.05, 0.1) is 6.54 Å². The summed E-state index contributed by atoms with van der Waals surface area (Å²) < 4.78 is 7.31. The van der Waals surface area contributed by atoms with Gasteiger partial charge in [0.1, 0.15) is 25.0 Å². The molecule has 0 aliphatic rings. The molecule has 0 radical (unpaired) electrons. The van der Waals surface area contributed by atoms with Gasteiger partial charge in [0.25, 0.3) is 0 Å². The van der Waals surface area contributed by atoms with Gasteiger partial charge in [0.2, 0.25) is 0 Å². The Balaban J connectivity index is 1.85. The van der Waals surface area contributed by atoms with Crippen LogP contribution >= 0.6 is 0 Å². The average molecular weight is 218 g/mol. The second kappa shape index (κ2) is 5.27. The van der Waals surface area contributed by atoms with Crippen molar-refractivity contribution in [2.24, 2.45) is 5.73 Å². The zero-order valence-electron chi connectivity index (χ0n) is 8.91. The van der Waals surface area contributed by atoms with Crippen LogP contribution in [-0.4, -0.2) is 21.4 Å². The number of rotatable bonds is 5. The summed E-state index contributed by atoms with van der Waals surface area (Å²) >= 11 is 0. The molecule has 5 heteroatoms. The van der Waals surface area contributed by atoms with Gasteiger partial charge >= 0.3 is 0 Å². The molecule has 1 aromatic carbocycles. The molecule has 2 N–H and O–H groups in total. The fourth-order valence-electron chi connectivity index (χ4n) is 1.37. The van der Waals surface area contributed by atoms with Gasteiger partial charge in [-0.1, -0.05) is 12.1 Å². The van der Waals surface area contributed by atoms with Crippen LogP contribution in [0.15, 0.2) is 36.9 Å². The number of hydrogen-bond donors (Lipinski definition) is 1. The van der Waals surface area contributed by atoms with E-state index in [2.05, 4.69) is 10.1 Å². The summed E-state index contributed by atoms with van der Waals surface area (Å²) in [5.41, 5.74) is 6.61. The minimum absolute atomic E-state index is 0.528. The molecule has 0 saturated heterocycles. The van der Waals surface area contributed by atoms with E-state index in [9.17, 15) is 0 Å². The number of aromatic nitrogens is 3. The van der Waals surface area contributed by atoms with Gasteiger partial charge < -0.3 is 10.5 Å². The third-order valence-corrected chi connectivity index (χ3v) is 2.19. The highest BCUT2D eigenvalue weighted by atomic mass is 16.5. The quantitative estimate of drug-likeness (QED) is 0.806. The van der Waals surface area contributed by atoms with Crippen LogP contribution in [0.4, 0.5) is 0 Å². The lowest BCUT2D eigenvalue weighted by molar-refractivity contribution is 0.291. The Morgan fingerprint density at radius 2 is 2.31 bits per heavy atom. The third kappa shape index (κ3) is 2.80. The molecule has 0 aliphatic carbocycles. The van der Waals surface area contributed by atoms with E-state index in [1.54, 1.807) is 11.0 Å². The summed E-state index contributed by atoms with van der Waals surface area (Å²) in [6, 6.07) is 7.78. The monoisotopic (exact) mass is 218 g/mol. The van der Waals surface area contributed by atoms with E-state index in [-0.39, 0.29) is 0 Å². The summed E-state index contributed by atoms with van der Waals surface area (Å²) in [6.45, 7) is 1.78. The molecule has 2 aromatic rings. The van der Waals surface area contributed by atoms with E-state index in [1.165, 1.54) is 6.33 Å². The smallest absolute Gasteiger partial charge is 0.137 e. The van der Waals surface area contributed by atoms with Crippen molar-refractivity contribution in [1.29, 1.82) is 0 Å². The lowest BCUT2D eigenvalue weighted by atomic mass is 10.2. The molecule has 0 bridgehead atoms. The Morgan fingerprint density at radius 1 is 1.38 bits per heavy atom. The highest BCUT2D eigenvalue weighted by molar-refractivity contribution is 5.28. The van der Waals surface area contributed by atoms with E-state index in [1.807, 2.05) is 24.3 Å². The molecule has 0 aliphatic heterocycles. The molecule has 16 heavy (non-hydrogen) atoms. The number of benzene rings is 1. The SMILES string of the molecule is NCc1cccc(OCCn2cncn2)c1. The van der Waals surface area contributed by atoms with E-state index in [0.29, 0.717) is 19.7 Å². The Kier molecular flexibility index (Phi) is 3.50. The predicted octanol–water partition coefficient (Wildman–Crippen LogP) is 0.816. The molecular weight excluding hydrogens is 204 g/mol. The zero-order valence-corrected chi connectivity index (χ0v) is 8.91. The molecule has 5 nitrogen and oxygen atoms in total. The fraction of sp³-hybridized carbons (Fsp3) is 0.273. The van der Waals surface area contributed by atoms with Crippen molar-refractivity contribution < 1.29 is 4.74 Å². The number of nitrogens with zero attached hydrogens (tertiary/aromatic N) is 3. The molecule has 0 fully saturated rings. The van der Waals surface area contributed by atoms with Crippen LogP contribution in [0.2, 0.25) is 0 Å². The van der Waals surface area contributed by atoms with E-state index >= 15 is 0 Å². The first kappa shape index (κ1) is 10.6. The Hall–Kier alpha value is -1.88. The van der Waals surface area contributed by atoms with E-state index < -0.39 is 0 Å². The maximum atomic E-state index is 5.58. The molecule has 0 spiro atoms. The van der Waals surface area contributed by atoms with Gasteiger partial charge in [0, 0.05) is 6.54 Å². The lowest BCUT2D eigenvalue weighted by Gasteiger charge is -2.07. The van der Waals surface area contributed by atoms with Crippen LogP contribution < -0.4 is 10.5 Å². The van der Waals surface area contributed by atoms with Crippen molar-refractivity contribution in [2.45, 2.75) is 13.1 Å². The Bertz CT molecular complexity index is 427. The molecule has 0 atom stereocenters. The second-order valence-corrected chi connectivity index (χ2v) is 3.36. The molecule has 0 saturated carbocycles. The summed E-state index contributed by atoms with van der Waals surface area (Å²) in [7, 11) is 0. The summed E-state index contributed by atoms with van der Waals surface area (Å²) in [5.74, 6) is 0.836. The van der Waals surface area contributed by atoms with Crippen molar-refractivity contribution >= 4 is 0 Å². The largest absolute Gasteiger partial charge is 0.492 e. The van der Waals surface area contributed by atoms with Gasteiger partial charge in [-0.3, -0.25) is 0 Å². The van der Waals surface area contributed by atoms with Gasteiger partial charge in [-0.15, -0.1) is 0 Å². The highest BCUT2D eigenvalue weighted by Gasteiger charge is 1.96. The van der Waals surface area contributed by atoms with Crippen LogP contribution in [0.3, 0.4) is 0 Å². The Labute approximate surface area is 93.9 Å². The van der Waals surface area contributed by atoms with E-state index in [4.69, 9.17) is 10.5 Å². The second-order valence-electron chi connectivity index (χ2n) is 3.36. The van der Waals surface area contributed by atoms with E-state index in [0.717, 1.165) is 11.3 Å². The van der Waals surface area contributed by atoms with Crippen LogP contribution in [0.25, 0.3) is 0 Å². The number of nitrogens with two attached hydrogens (primary N) is 1. The normalized spacial score (nSPS) is 10.3. The average Bonchev–Trinajstić information content (AvgIpc) is 2.82. The number of ether oxygens (including phenoxy) is 1. The third-order valence-electron chi connectivity index (χ3n) is 2.19. The van der Waals surface area contributed by atoms with Crippen LogP contribution in [0.1, 0.15) is 5.56 Å². The van der Waals surface area contributed by atoms with Crippen LogP contribution in [0.5, 0.6) is 5.75 Å².